The molecule has 0 saturated heterocycles. The summed E-state index contributed by atoms with van der Waals surface area (Å²) >= 11 is 0. The Morgan fingerprint density at radius 3 is 2.69 bits per heavy atom. The van der Waals surface area contributed by atoms with E-state index in [2.05, 4.69) is 32.5 Å². The van der Waals surface area contributed by atoms with Gasteiger partial charge >= 0.3 is 6.03 Å². The number of hydrogen-bond donors (Lipinski definition) is 6. The van der Waals surface area contributed by atoms with Gasteiger partial charge in [-0.3, -0.25) is 10.1 Å². The molecule has 32 heavy (non-hydrogen) atoms. The maximum absolute atomic E-state index is 12.1. The Bertz CT molecular complexity index is 1080. The van der Waals surface area contributed by atoms with E-state index >= 15 is 0 Å². The smallest absolute Gasteiger partial charge is 0.321 e. The van der Waals surface area contributed by atoms with Crippen molar-refractivity contribution in [1.29, 1.82) is 0 Å². The van der Waals surface area contributed by atoms with Crippen LogP contribution in [0.5, 0.6) is 0 Å². The molecule has 1 aromatic heterocycles. The highest BCUT2D eigenvalue weighted by Gasteiger charge is 2.13. The van der Waals surface area contributed by atoms with Crippen molar-refractivity contribution in [1.82, 2.24) is 15.3 Å². The van der Waals surface area contributed by atoms with E-state index in [1.807, 2.05) is 32.9 Å². The van der Waals surface area contributed by atoms with Crippen molar-refractivity contribution in [2.75, 3.05) is 17.2 Å². The van der Waals surface area contributed by atoms with Gasteiger partial charge in [0.25, 0.3) is 0 Å². The maximum Gasteiger partial charge on any atom is 0.321 e. The monoisotopic (exact) mass is 437 g/mol. The lowest BCUT2D eigenvalue weighted by Gasteiger charge is -2.09. The van der Waals surface area contributed by atoms with Gasteiger partial charge in [0.2, 0.25) is 5.95 Å². The van der Waals surface area contributed by atoms with E-state index in [0.717, 1.165) is 5.56 Å². The third-order valence-electron chi connectivity index (χ3n) is 4.33. The Balaban J connectivity index is 2.42. The number of amides is 2. The zero-order chi connectivity index (χ0) is 23.7. The molecular formula is C23H31N7O2. The van der Waals surface area contributed by atoms with E-state index in [4.69, 9.17) is 11.5 Å². The average Bonchev–Trinajstić information content (AvgIpc) is 3.13. The third-order valence-corrected chi connectivity index (χ3v) is 4.33. The first kappa shape index (κ1) is 24.3. The molecule has 0 spiro atoms. The topological polar surface area (TPSA) is 151 Å². The molecule has 8 N–H and O–H groups in total. The van der Waals surface area contributed by atoms with Gasteiger partial charge in [-0.05, 0) is 42.8 Å². The van der Waals surface area contributed by atoms with E-state index in [0.29, 0.717) is 41.2 Å². The first-order valence-electron chi connectivity index (χ1n) is 10.3. The summed E-state index contributed by atoms with van der Waals surface area (Å²) in [6, 6.07) is 3.29. The summed E-state index contributed by atoms with van der Waals surface area (Å²) in [5.41, 5.74) is 14.8. The van der Waals surface area contributed by atoms with Crippen LogP contribution in [0.2, 0.25) is 0 Å². The fraction of sp³-hybridized carbons (Fsp3) is 0.261. The number of aromatic amines is 1. The molecule has 2 rings (SSSR count). The summed E-state index contributed by atoms with van der Waals surface area (Å²) in [6.07, 6.45) is 8.51. The van der Waals surface area contributed by atoms with E-state index in [1.54, 1.807) is 18.2 Å². The van der Waals surface area contributed by atoms with Crippen LogP contribution in [0.15, 0.2) is 55.0 Å². The molecule has 1 heterocycles. The van der Waals surface area contributed by atoms with Crippen LogP contribution < -0.4 is 27.4 Å². The van der Waals surface area contributed by atoms with Crippen LogP contribution in [0.4, 0.5) is 16.4 Å². The van der Waals surface area contributed by atoms with Gasteiger partial charge in [-0.1, -0.05) is 32.6 Å². The third kappa shape index (κ3) is 6.76. The van der Waals surface area contributed by atoms with Crippen LogP contribution in [-0.4, -0.2) is 28.3 Å². The van der Waals surface area contributed by atoms with Crippen molar-refractivity contribution in [3.05, 3.63) is 60.6 Å². The SMILES string of the molecule is C=C(/C=C\C=C/N)c1cc(N/C=C(\N)C(=O)CC(C)C)cc2[nH]c(NC(=O)NCC)nc12. The molecule has 2 amide bonds. The Kier molecular flexibility index (Phi) is 8.64. The Morgan fingerprint density at radius 2 is 2.03 bits per heavy atom. The van der Waals surface area contributed by atoms with Crippen molar-refractivity contribution < 1.29 is 9.59 Å². The predicted molar refractivity (Wildman–Crippen MR) is 131 cm³/mol. The van der Waals surface area contributed by atoms with Crippen LogP contribution in [0.25, 0.3) is 16.6 Å². The van der Waals surface area contributed by atoms with E-state index < -0.39 is 0 Å². The average molecular weight is 438 g/mol. The number of imidazole rings is 1. The molecule has 0 unspecified atom stereocenters. The quantitative estimate of drug-likeness (QED) is 0.247. The second-order valence-electron chi connectivity index (χ2n) is 7.52. The number of allylic oxidation sites excluding steroid dienone is 5. The van der Waals surface area contributed by atoms with Crippen LogP contribution in [0.1, 0.15) is 32.8 Å². The molecule has 0 aliphatic carbocycles. The fourth-order valence-corrected chi connectivity index (χ4v) is 2.87. The van der Waals surface area contributed by atoms with E-state index in [-0.39, 0.29) is 23.4 Å². The molecular weight excluding hydrogens is 406 g/mol. The summed E-state index contributed by atoms with van der Waals surface area (Å²) in [6.45, 7) is 10.3. The van der Waals surface area contributed by atoms with E-state index in [9.17, 15) is 9.59 Å². The number of hydrogen-bond acceptors (Lipinski definition) is 6. The van der Waals surface area contributed by atoms with Gasteiger partial charge in [-0.25, -0.2) is 9.78 Å². The Labute approximate surface area is 187 Å². The summed E-state index contributed by atoms with van der Waals surface area (Å²) in [7, 11) is 0. The van der Waals surface area contributed by atoms with Crippen LogP contribution in [-0.2, 0) is 4.79 Å². The normalized spacial score (nSPS) is 12.1. The number of nitrogens with two attached hydrogens (primary N) is 2. The van der Waals surface area contributed by atoms with Gasteiger partial charge < -0.3 is 27.1 Å². The van der Waals surface area contributed by atoms with Gasteiger partial charge in [0.05, 0.1) is 16.7 Å². The van der Waals surface area contributed by atoms with Crippen LogP contribution in [0, 0.1) is 5.92 Å². The number of carbonyl (C=O) groups is 2. The lowest BCUT2D eigenvalue weighted by Crippen LogP contribution is -2.28. The molecule has 0 saturated carbocycles. The molecule has 2 aromatic rings. The highest BCUT2D eigenvalue weighted by atomic mass is 16.2. The van der Waals surface area contributed by atoms with Crippen molar-refractivity contribution in [2.45, 2.75) is 27.2 Å². The van der Waals surface area contributed by atoms with Gasteiger partial charge in [-0.2, -0.15) is 0 Å². The number of nitrogens with one attached hydrogen (secondary N) is 4. The summed E-state index contributed by atoms with van der Waals surface area (Å²) in [5, 5.41) is 8.39. The van der Waals surface area contributed by atoms with Gasteiger partial charge in [0, 0.05) is 30.4 Å². The van der Waals surface area contributed by atoms with Gasteiger partial charge in [-0.15, -0.1) is 0 Å². The van der Waals surface area contributed by atoms with Gasteiger partial charge in [0.15, 0.2) is 5.78 Å². The predicted octanol–water partition coefficient (Wildman–Crippen LogP) is 3.57. The maximum atomic E-state index is 12.1. The molecule has 9 heteroatoms. The molecule has 0 aliphatic rings. The molecule has 0 bridgehead atoms. The fourth-order valence-electron chi connectivity index (χ4n) is 2.87. The van der Waals surface area contributed by atoms with Gasteiger partial charge in [0.1, 0.15) is 0 Å². The second-order valence-corrected chi connectivity index (χ2v) is 7.52. The lowest BCUT2D eigenvalue weighted by molar-refractivity contribution is -0.116. The standard InChI is InChI=1S/C23H31N7O2/c1-5-26-23(32)30-22-28-19-12-16(27-13-18(25)20(31)10-14(2)3)11-17(21(19)29-22)15(4)8-6-7-9-24/h6-9,11-14,27H,4-5,10,24-25H2,1-3H3,(H3,26,28,29,30,32)/b8-6-,9-7-,18-13-. The lowest BCUT2D eigenvalue weighted by atomic mass is 10.0. The number of H-pyrrole nitrogens is 1. The highest BCUT2D eigenvalue weighted by Crippen LogP contribution is 2.29. The number of aromatic nitrogens is 2. The number of fused-ring (bicyclic) bond motifs is 1. The summed E-state index contributed by atoms with van der Waals surface area (Å²) in [5.74, 6) is 0.394. The highest BCUT2D eigenvalue weighted by molar-refractivity contribution is 5.97. The minimum Gasteiger partial charge on any atom is -0.405 e. The van der Waals surface area contributed by atoms with Crippen LogP contribution in [0.3, 0.4) is 0 Å². The number of carbonyl (C=O) groups excluding carboxylic acids is 2. The first-order valence-corrected chi connectivity index (χ1v) is 10.3. The second kappa shape index (κ2) is 11.4. The largest absolute Gasteiger partial charge is 0.405 e. The zero-order valence-electron chi connectivity index (χ0n) is 18.7. The first-order chi connectivity index (χ1) is 15.2. The van der Waals surface area contributed by atoms with Crippen molar-refractivity contribution in [2.24, 2.45) is 17.4 Å². The summed E-state index contributed by atoms with van der Waals surface area (Å²) < 4.78 is 0. The minimum atomic E-state index is -0.363. The molecule has 0 atom stereocenters. The molecule has 0 fully saturated rings. The number of anilines is 2. The van der Waals surface area contributed by atoms with Crippen molar-refractivity contribution >= 4 is 40.1 Å². The molecule has 1 aromatic carbocycles. The molecule has 0 radical (unpaired) electrons. The Morgan fingerprint density at radius 1 is 1.28 bits per heavy atom. The molecule has 0 aliphatic heterocycles. The molecule has 170 valence electrons. The number of Topliss-reactive ketones (excluding diaryl/α,β-unsaturated/α-hetero) is 1. The minimum absolute atomic E-state index is 0.121. The van der Waals surface area contributed by atoms with Crippen molar-refractivity contribution in [3.63, 3.8) is 0 Å². The van der Waals surface area contributed by atoms with Crippen LogP contribution >= 0.6 is 0 Å². The van der Waals surface area contributed by atoms with E-state index in [1.165, 1.54) is 12.4 Å². The number of ketones is 1. The zero-order valence-corrected chi connectivity index (χ0v) is 18.7. The number of benzene rings is 1. The van der Waals surface area contributed by atoms with Crippen molar-refractivity contribution in [3.8, 4) is 0 Å². The number of nitrogens with zero attached hydrogens (tertiary/aromatic N) is 1. The number of urea groups is 1. The molecule has 9 nitrogen and oxygen atoms in total. The summed E-state index contributed by atoms with van der Waals surface area (Å²) in [4.78, 5) is 31.6. The number of rotatable bonds is 10. The Hall–Kier alpha value is -4.01.